The normalized spacial score (nSPS) is 12.4. The van der Waals surface area contributed by atoms with E-state index >= 15 is 0 Å². The number of ether oxygens (including phenoxy) is 1. The third kappa shape index (κ3) is 1.64. The van der Waals surface area contributed by atoms with Crippen molar-refractivity contribution in [3.05, 3.63) is 24.0 Å². The lowest BCUT2D eigenvalue weighted by atomic mass is 10.3. The largest absolute Gasteiger partial charge is 0.373 e. The van der Waals surface area contributed by atoms with Gasteiger partial charge >= 0.3 is 0 Å². The second-order valence-electron chi connectivity index (χ2n) is 2.35. The summed E-state index contributed by atoms with van der Waals surface area (Å²) >= 11 is 0. The van der Waals surface area contributed by atoms with Crippen LogP contribution in [0.15, 0.2) is 18.3 Å². The maximum Gasteiger partial charge on any atom is 0.181 e. The van der Waals surface area contributed by atoms with E-state index in [1.165, 1.54) is 0 Å². The second-order valence-corrected chi connectivity index (χ2v) is 2.35. The molecule has 0 bridgehead atoms. The molecule has 0 fully saturated rings. The van der Waals surface area contributed by atoms with E-state index in [4.69, 9.17) is 10.00 Å². The van der Waals surface area contributed by atoms with Gasteiger partial charge < -0.3 is 14.4 Å². The molecule has 12 heavy (non-hydrogen) atoms. The van der Waals surface area contributed by atoms with Gasteiger partial charge in [0.25, 0.3) is 0 Å². The van der Waals surface area contributed by atoms with Crippen molar-refractivity contribution in [1.82, 2.24) is 4.57 Å². The van der Waals surface area contributed by atoms with Crippen LogP contribution in [0.3, 0.4) is 0 Å². The summed E-state index contributed by atoms with van der Waals surface area (Å²) in [5, 5.41) is 17.6. The maximum atomic E-state index is 9.19. The van der Waals surface area contributed by atoms with Gasteiger partial charge in [0.2, 0.25) is 0 Å². The molecule has 0 saturated heterocycles. The number of hydrogen-bond acceptors (Lipinski definition) is 3. The lowest BCUT2D eigenvalue weighted by Gasteiger charge is -2.07. The van der Waals surface area contributed by atoms with Crippen LogP contribution in [0.2, 0.25) is 0 Å². The number of nitriles is 1. The van der Waals surface area contributed by atoms with Gasteiger partial charge in [-0.05, 0) is 12.1 Å². The minimum atomic E-state index is -1.07. The van der Waals surface area contributed by atoms with E-state index in [0.29, 0.717) is 12.4 Å². The van der Waals surface area contributed by atoms with Gasteiger partial charge in [0.1, 0.15) is 12.8 Å². The molecule has 0 aliphatic rings. The van der Waals surface area contributed by atoms with Gasteiger partial charge in [-0.3, -0.25) is 0 Å². The van der Waals surface area contributed by atoms with Gasteiger partial charge in [0.15, 0.2) is 6.10 Å². The molecule has 0 unspecified atom stereocenters. The third-order valence-corrected chi connectivity index (χ3v) is 1.54. The molecule has 1 atom stereocenters. The number of aromatic nitrogens is 1. The number of hydrogen-bond donors (Lipinski definition) is 1. The van der Waals surface area contributed by atoms with Crippen molar-refractivity contribution in [2.75, 3.05) is 7.11 Å². The van der Waals surface area contributed by atoms with Crippen LogP contribution in [0.5, 0.6) is 0 Å². The predicted molar refractivity (Wildman–Crippen MR) is 42.0 cm³/mol. The highest BCUT2D eigenvalue weighted by Crippen LogP contribution is 2.12. The van der Waals surface area contributed by atoms with E-state index in [0.717, 1.165) is 0 Å². The van der Waals surface area contributed by atoms with Crippen LogP contribution in [-0.2, 0) is 11.5 Å². The first-order chi connectivity index (χ1) is 5.79. The predicted octanol–water partition coefficient (Wildman–Crippen LogP) is 0.649. The molecule has 4 heteroatoms. The topological polar surface area (TPSA) is 58.2 Å². The first-order valence-electron chi connectivity index (χ1n) is 3.51. The fraction of sp³-hybridized carbons (Fsp3) is 0.375. The average Bonchev–Trinajstić information content (AvgIpc) is 2.52. The Bertz CT molecular complexity index is 287. The molecule has 0 saturated carbocycles. The van der Waals surface area contributed by atoms with Crippen LogP contribution >= 0.6 is 0 Å². The van der Waals surface area contributed by atoms with E-state index in [9.17, 15) is 5.11 Å². The Balaban J connectivity index is 2.85. The molecule has 1 N–H and O–H groups in total. The summed E-state index contributed by atoms with van der Waals surface area (Å²) in [5.74, 6) is 0. The van der Waals surface area contributed by atoms with Crippen molar-refractivity contribution in [3.63, 3.8) is 0 Å². The molecule has 0 amide bonds. The molecule has 64 valence electrons. The molecular weight excluding hydrogens is 156 g/mol. The maximum absolute atomic E-state index is 9.19. The monoisotopic (exact) mass is 166 g/mol. The van der Waals surface area contributed by atoms with Crippen LogP contribution in [-0.4, -0.2) is 16.8 Å². The number of aliphatic hydroxyl groups excluding tert-OH is 1. The van der Waals surface area contributed by atoms with Crippen molar-refractivity contribution >= 4 is 0 Å². The minimum absolute atomic E-state index is 0.348. The van der Waals surface area contributed by atoms with Gasteiger partial charge in [0.05, 0.1) is 5.69 Å². The smallest absolute Gasteiger partial charge is 0.181 e. The highest BCUT2D eigenvalue weighted by Gasteiger charge is 2.09. The summed E-state index contributed by atoms with van der Waals surface area (Å²) in [6.45, 7) is 0.348. The zero-order chi connectivity index (χ0) is 8.97. The van der Waals surface area contributed by atoms with Gasteiger partial charge in [-0.2, -0.15) is 5.26 Å². The number of methoxy groups -OCH3 is 1. The van der Waals surface area contributed by atoms with E-state index in [1.807, 2.05) is 0 Å². The Hall–Kier alpha value is -1.31. The Labute approximate surface area is 70.6 Å². The highest BCUT2D eigenvalue weighted by molar-refractivity contribution is 5.15. The quantitative estimate of drug-likeness (QED) is 0.670. The molecular formula is C8H10N2O2. The molecule has 1 rings (SSSR count). The SMILES string of the molecule is COCn1cccc1[C@H](O)C#N. The van der Waals surface area contributed by atoms with Crippen molar-refractivity contribution in [3.8, 4) is 6.07 Å². The second kappa shape index (κ2) is 3.90. The summed E-state index contributed by atoms with van der Waals surface area (Å²) in [4.78, 5) is 0. The third-order valence-electron chi connectivity index (χ3n) is 1.54. The molecule has 0 spiro atoms. The summed E-state index contributed by atoms with van der Waals surface area (Å²) in [6, 6.07) is 5.19. The van der Waals surface area contributed by atoms with Crippen LogP contribution in [0.4, 0.5) is 0 Å². The van der Waals surface area contributed by atoms with Gasteiger partial charge in [0, 0.05) is 13.3 Å². The first kappa shape index (κ1) is 8.78. The molecule has 0 aliphatic carbocycles. The van der Waals surface area contributed by atoms with E-state index in [2.05, 4.69) is 0 Å². The number of rotatable bonds is 3. The zero-order valence-electron chi connectivity index (χ0n) is 6.77. The van der Waals surface area contributed by atoms with Crippen molar-refractivity contribution in [1.29, 1.82) is 5.26 Å². The van der Waals surface area contributed by atoms with E-state index in [-0.39, 0.29) is 0 Å². The fourth-order valence-corrected chi connectivity index (χ4v) is 0.998. The highest BCUT2D eigenvalue weighted by atomic mass is 16.5. The molecule has 4 nitrogen and oxygen atoms in total. The molecule has 0 radical (unpaired) electrons. The molecule has 0 aliphatic heterocycles. The van der Waals surface area contributed by atoms with Crippen LogP contribution in [0.1, 0.15) is 11.8 Å². The summed E-state index contributed by atoms with van der Waals surface area (Å²) in [7, 11) is 1.56. The van der Waals surface area contributed by atoms with Crippen LogP contribution in [0.25, 0.3) is 0 Å². The molecule has 0 aromatic carbocycles. The summed E-state index contributed by atoms with van der Waals surface area (Å²) in [6.07, 6.45) is 0.675. The Morgan fingerprint density at radius 2 is 2.58 bits per heavy atom. The fourth-order valence-electron chi connectivity index (χ4n) is 0.998. The van der Waals surface area contributed by atoms with Gasteiger partial charge in [-0.1, -0.05) is 0 Å². The van der Waals surface area contributed by atoms with Gasteiger partial charge in [-0.25, -0.2) is 0 Å². The van der Waals surface area contributed by atoms with Crippen molar-refractivity contribution in [2.24, 2.45) is 0 Å². The lowest BCUT2D eigenvalue weighted by molar-refractivity contribution is 0.120. The van der Waals surface area contributed by atoms with E-state index < -0.39 is 6.10 Å². The first-order valence-corrected chi connectivity index (χ1v) is 3.51. The molecule has 1 aromatic heterocycles. The Kier molecular flexibility index (Phi) is 2.86. The van der Waals surface area contributed by atoms with Crippen LogP contribution < -0.4 is 0 Å². The summed E-state index contributed by atoms with van der Waals surface area (Å²) < 4.78 is 6.54. The number of nitrogens with zero attached hydrogens (tertiary/aromatic N) is 2. The Morgan fingerprint density at radius 3 is 3.17 bits per heavy atom. The minimum Gasteiger partial charge on any atom is -0.373 e. The standard InChI is InChI=1S/C8H10N2O2/c1-12-6-10-4-2-3-7(10)8(11)5-9/h2-4,8,11H,6H2,1H3/t8-/m1/s1. The molecule has 1 aromatic rings. The molecule has 1 heterocycles. The van der Waals surface area contributed by atoms with Crippen molar-refractivity contribution < 1.29 is 9.84 Å². The number of aliphatic hydroxyl groups is 1. The van der Waals surface area contributed by atoms with Crippen LogP contribution in [0, 0.1) is 11.3 Å². The van der Waals surface area contributed by atoms with Gasteiger partial charge in [-0.15, -0.1) is 0 Å². The average molecular weight is 166 g/mol. The summed E-state index contributed by atoms with van der Waals surface area (Å²) in [5.41, 5.74) is 0.555. The van der Waals surface area contributed by atoms with E-state index in [1.54, 1.807) is 36.1 Å². The zero-order valence-corrected chi connectivity index (χ0v) is 6.77. The lowest BCUT2D eigenvalue weighted by Crippen LogP contribution is -2.06. The van der Waals surface area contributed by atoms with Crippen molar-refractivity contribution in [2.45, 2.75) is 12.8 Å². The Morgan fingerprint density at radius 1 is 1.83 bits per heavy atom.